The van der Waals surface area contributed by atoms with Gasteiger partial charge in [-0.3, -0.25) is 14.9 Å². The summed E-state index contributed by atoms with van der Waals surface area (Å²) in [7, 11) is -1.71. The zero-order valence-electron chi connectivity index (χ0n) is 10.9. The monoisotopic (exact) mass is 412 g/mol. The third kappa shape index (κ3) is 4.71. The minimum absolute atomic E-state index is 0.0381. The summed E-state index contributed by atoms with van der Waals surface area (Å²) in [5, 5.41) is 10.7. The minimum atomic E-state index is -3.17. The molecule has 0 fully saturated rings. The van der Waals surface area contributed by atoms with Crippen LogP contribution in [0.15, 0.2) is 18.2 Å². The van der Waals surface area contributed by atoms with Gasteiger partial charge in [-0.25, -0.2) is 8.42 Å². The number of sulfone groups is 1. The molecule has 0 aliphatic rings. The van der Waals surface area contributed by atoms with Crippen LogP contribution in [0.1, 0.15) is 10.4 Å². The minimum Gasteiger partial charge on any atom is -0.341 e. The fourth-order valence-electron chi connectivity index (χ4n) is 1.40. The predicted molar refractivity (Wildman–Crippen MR) is 82.5 cm³/mol. The van der Waals surface area contributed by atoms with Crippen molar-refractivity contribution >= 4 is 44.0 Å². The summed E-state index contributed by atoms with van der Waals surface area (Å²) < 4.78 is 22.7. The highest BCUT2D eigenvalue weighted by molar-refractivity contribution is 14.1. The lowest BCUT2D eigenvalue weighted by Gasteiger charge is -2.17. The molecule has 0 saturated heterocycles. The Balaban J connectivity index is 2.96. The normalized spacial score (nSPS) is 11.2. The fraction of sp³-hybridized carbons (Fsp3) is 0.364. The maximum absolute atomic E-state index is 12.2. The molecule has 0 unspecified atom stereocenters. The molecule has 7 nitrogen and oxygen atoms in total. The van der Waals surface area contributed by atoms with E-state index in [4.69, 9.17) is 0 Å². The summed E-state index contributed by atoms with van der Waals surface area (Å²) in [6.07, 6.45) is 1.09. The van der Waals surface area contributed by atoms with Crippen molar-refractivity contribution in [3.63, 3.8) is 0 Å². The summed E-state index contributed by atoms with van der Waals surface area (Å²) in [5.41, 5.74) is 0.0149. The number of non-ortho nitro benzene ring substituents is 1. The topological polar surface area (TPSA) is 97.6 Å². The van der Waals surface area contributed by atoms with E-state index in [0.29, 0.717) is 3.57 Å². The Kier molecular flexibility index (Phi) is 5.45. The third-order valence-corrected chi connectivity index (χ3v) is 4.40. The van der Waals surface area contributed by atoms with Gasteiger partial charge in [-0.15, -0.1) is 0 Å². The van der Waals surface area contributed by atoms with Gasteiger partial charge in [0, 0.05) is 35.6 Å². The molecule has 0 atom stereocenters. The van der Waals surface area contributed by atoms with Gasteiger partial charge < -0.3 is 4.90 Å². The Morgan fingerprint density at radius 3 is 2.55 bits per heavy atom. The van der Waals surface area contributed by atoms with Crippen LogP contribution in [0.25, 0.3) is 0 Å². The Morgan fingerprint density at radius 1 is 1.45 bits per heavy atom. The number of rotatable bonds is 5. The largest absolute Gasteiger partial charge is 0.341 e. The van der Waals surface area contributed by atoms with E-state index in [9.17, 15) is 23.3 Å². The molecule has 20 heavy (non-hydrogen) atoms. The molecule has 0 aliphatic heterocycles. The average molecular weight is 412 g/mol. The van der Waals surface area contributed by atoms with Gasteiger partial charge in [-0.05, 0) is 28.7 Å². The molecule has 110 valence electrons. The van der Waals surface area contributed by atoms with Crippen molar-refractivity contribution in [2.24, 2.45) is 0 Å². The maximum atomic E-state index is 12.2. The number of nitrogens with zero attached hydrogens (tertiary/aromatic N) is 2. The van der Waals surface area contributed by atoms with E-state index in [1.54, 1.807) is 0 Å². The Morgan fingerprint density at radius 2 is 2.05 bits per heavy atom. The maximum Gasteiger partial charge on any atom is 0.270 e. The lowest BCUT2D eigenvalue weighted by Crippen LogP contribution is -2.31. The molecule has 0 spiro atoms. The van der Waals surface area contributed by atoms with Crippen LogP contribution in [0.3, 0.4) is 0 Å². The van der Waals surface area contributed by atoms with Gasteiger partial charge in [-0.2, -0.15) is 0 Å². The number of hydrogen-bond acceptors (Lipinski definition) is 5. The first-order valence-electron chi connectivity index (χ1n) is 5.49. The number of nitro groups is 1. The van der Waals surface area contributed by atoms with Crippen molar-refractivity contribution in [3.8, 4) is 0 Å². The quantitative estimate of drug-likeness (QED) is 0.413. The molecule has 0 bridgehead atoms. The van der Waals surface area contributed by atoms with E-state index in [1.807, 2.05) is 22.6 Å². The van der Waals surface area contributed by atoms with Crippen molar-refractivity contribution in [1.29, 1.82) is 0 Å². The molecule has 0 saturated carbocycles. The number of benzene rings is 1. The van der Waals surface area contributed by atoms with Crippen LogP contribution in [0.2, 0.25) is 0 Å². The summed E-state index contributed by atoms with van der Waals surface area (Å²) in [4.78, 5) is 23.5. The molecular formula is C11H13IN2O5S. The van der Waals surface area contributed by atoms with E-state index in [2.05, 4.69) is 0 Å². The third-order valence-electron chi connectivity index (χ3n) is 2.54. The van der Waals surface area contributed by atoms with Crippen LogP contribution < -0.4 is 0 Å². The number of carbonyl (C=O) groups is 1. The molecule has 0 N–H and O–H groups in total. The lowest BCUT2D eigenvalue weighted by atomic mass is 10.2. The highest BCUT2D eigenvalue weighted by atomic mass is 127. The van der Waals surface area contributed by atoms with Gasteiger partial charge >= 0.3 is 0 Å². The summed E-state index contributed by atoms with van der Waals surface area (Å²) in [6.45, 7) is 0.0381. The van der Waals surface area contributed by atoms with Gasteiger partial charge in [0.25, 0.3) is 11.6 Å². The molecule has 9 heteroatoms. The van der Waals surface area contributed by atoms with Gasteiger partial charge in [-0.1, -0.05) is 0 Å². The van der Waals surface area contributed by atoms with Crippen LogP contribution in [0.4, 0.5) is 5.69 Å². The van der Waals surface area contributed by atoms with Crippen LogP contribution in [0.5, 0.6) is 0 Å². The van der Waals surface area contributed by atoms with Crippen molar-refractivity contribution < 1.29 is 18.1 Å². The van der Waals surface area contributed by atoms with E-state index in [-0.39, 0.29) is 23.5 Å². The molecule has 0 heterocycles. The van der Waals surface area contributed by atoms with E-state index >= 15 is 0 Å². The summed E-state index contributed by atoms with van der Waals surface area (Å²) in [5.74, 6) is -0.595. The smallest absolute Gasteiger partial charge is 0.270 e. The number of amides is 1. The summed E-state index contributed by atoms with van der Waals surface area (Å²) >= 11 is 1.91. The molecule has 1 amide bonds. The molecule has 1 aromatic rings. The molecule has 0 aromatic heterocycles. The zero-order chi connectivity index (χ0) is 15.5. The average Bonchev–Trinajstić information content (AvgIpc) is 2.34. The Labute approximate surface area is 130 Å². The van der Waals surface area contributed by atoms with Gasteiger partial charge in [0.1, 0.15) is 9.84 Å². The number of halogens is 1. The zero-order valence-corrected chi connectivity index (χ0v) is 13.8. The first-order valence-corrected chi connectivity index (χ1v) is 8.63. The van der Waals surface area contributed by atoms with Crippen LogP contribution in [0, 0.1) is 13.7 Å². The highest BCUT2D eigenvalue weighted by Gasteiger charge is 2.19. The summed E-state index contributed by atoms with van der Waals surface area (Å²) in [6, 6.07) is 3.99. The molecular weight excluding hydrogens is 399 g/mol. The van der Waals surface area contributed by atoms with Gasteiger partial charge in [0.05, 0.1) is 16.2 Å². The van der Waals surface area contributed by atoms with E-state index in [0.717, 1.165) is 6.26 Å². The van der Waals surface area contributed by atoms with E-state index < -0.39 is 20.7 Å². The molecule has 1 rings (SSSR count). The Hall–Kier alpha value is -1.23. The lowest BCUT2D eigenvalue weighted by molar-refractivity contribution is -0.384. The second-order valence-corrected chi connectivity index (χ2v) is 7.70. The van der Waals surface area contributed by atoms with Crippen LogP contribution in [-0.2, 0) is 9.84 Å². The number of carbonyl (C=O) groups excluding carboxylic acids is 1. The van der Waals surface area contributed by atoms with Gasteiger partial charge in [0.2, 0.25) is 0 Å². The second kappa shape index (κ2) is 6.48. The van der Waals surface area contributed by atoms with Crippen molar-refractivity contribution in [2.75, 3.05) is 25.6 Å². The van der Waals surface area contributed by atoms with Crippen molar-refractivity contribution in [1.82, 2.24) is 4.90 Å². The first-order chi connectivity index (χ1) is 9.11. The predicted octanol–water partition coefficient (Wildman–Crippen LogP) is 1.32. The highest BCUT2D eigenvalue weighted by Crippen LogP contribution is 2.20. The van der Waals surface area contributed by atoms with Crippen LogP contribution >= 0.6 is 22.6 Å². The van der Waals surface area contributed by atoms with Gasteiger partial charge in [0.15, 0.2) is 0 Å². The standard InChI is InChI=1S/C11H13IN2O5S/c1-13(5-6-20(2,18)19)11(15)9-7-8(14(16)17)3-4-10(9)12/h3-4,7H,5-6H2,1-2H3. The molecule has 0 aliphatic carbocycles. The fourth-order valence-corrected chi connectivity index (χ4v) is 2.57. The second-order valence-electron chi connectivity index (χ2n) is 4.28. The Bertz CT molecular complexity index is 644. The first kappa shape index (κ1) is 16.8. The van der Waals surface area contributed by atoms with Crippen molar-refractivity contribution in [3.05, 3.63) is 37.4 Å². The number of hydrogen-bond donors (Lipinski definition) is 0. The molecule has 1 aromatic carbocycles. The van der Waals surface area contributed by atoms with Crippen molar-refractivity contribution in [2.45, 2.75) is 0 Å². The SMILES string of the molecule is CN(CCS(C)(=O)=O)C(=O)c1cc([N+](=O)[O-])ccc1I. The molecule has 0 radical (unpaired) electrons. The van der Waals surface area contributed by atoms with Crippen LogP contribution in [-0.4, -0.2) is 49.7 Å². The van der Waals surface area contributed by atoms with E-state index in [1.165, 1.54) is 30.1 Å². The number of nitro benzene ring substituents is 1.